The van der Waals surface area contributed by atoms with Crippen molar-refractivity contribution in [2.75, 3.05) is 32.8 Å². The third kappa shape index (κ3) is 5.35. The lowest BCUT2D eigenvalue weighted by Crippen LogP contribution is -2.53. The number of aryl methyl sites for hydroxylation is 2. The molecule has 182 valence electrons. The Labute approximate surface area is 201 Å². The Morgan fingerprint density at radius 3 is 2.71 bits per heavy atom. The van der Waals surface area contributed by atoms with Crippen LogP contribution in [0.5, 0.6) is 0 Å². The lowest BCUT2D eigenvalue weighted by molar-refractivity contribution is -0.245. The first-order valence-electron chi connectivity index (χ1n) is 12.2. The van der Waals surface area contributed by atoms with E-state index in [9.17, 15) is 9.59 Å². The van der Waals surface area contributed by atoms with Gasteiger partial charge in [0, 0.05) is 49.4 Å². The van der Waals surface area contributed by atoms with E-state index in [1.54, 1.807) is 13.1 Å². The molecule has 7 heteroatoms. The Balaban J connectivity index is 1.56. The average Bonchev–Trinajstić information content (AvgIpc) is 2.76. The molecule has 0 amide bonds. The van der Waals surface area contributed by atoms with Gasteiger partial charge in [-0.15, -0.1) is 0 Å². The Kier molecular flexibility index (Phi) is 7.13. The number of hydroxylamine groups is 2. The molecule has 1 aromatic heterocycles. The summed E-state index contributed by atoms with van der Waals surface area (Å²) in [6.07, 6.45) is 3.51. The minimum Gasteiger partial charge on any atom is -0.462 e. The summed E-state index contributed by atoms with van der Waals surface area (Å²) < 4.78 is 7.13. The second-order valence-electron chi connectivity index (χ2n) is 10.1. The fourth-order valence-corrected chi connectivity index (χ4v) is 4.77. The van der Waals surface area contributed by atoms with E-state index in [4.69, 9.17) is 9.57 Å². The van der Waals surface area contributed by atoms with Gasteiger partial charge in [-0.05, 0) is 65.2 Å². The molecule has 1 saturated heterocycles. The highest BCUT2D eigenvalue weighted by molar-refractivity contribution is 5.95. The van der Waals surface area contributed by atoms with Crippen molar-refractivity contribution in [3.8, 4) is 11.8 Å². The molecule has 1 aromatic carbocycles. The van der Waals surface area contributed by atoms with Crippen LogP contribution >= 0.6 is 0 Å². The largest absolute Gasteiger partial charge is 0.462 e. The van der Waals surface area contributed by atoms with Gasteiger partial charge in [-0.1, -0.05) is 11.8 Å². The molecule has 0 bridgehead atoms. The van der Waals surface area contributed by atoms with Crippen molar-refractivity contribution >= 4 is 16.9 Å². The fourth-order valence-electron chi connectivity index (χ4n) is 4.77. The minimum atomic E-state index is -0.565. The standard InChI is InChI=1S/C27H35N3O4/c1-6-33-26(32)23-18-29-12-8-10-21-15-20(16-22(24(21)29)25(23)31)9-7-11-28-13-14-30(17-19(28)2)34-27(3,4)5/h15-16,18-19H,6,8,10-14,17H2,1-5H3. The van der Waals surface area contributed by atoms with Crippen LogP contribution in [0.25, 0.3) is 10.9 Å². The number of carbonyl (C=O) groups is 1. The van der Waals surface area contributed by atoms with E-state index in [-0.39, 0.29) is 23.2 Å². The molecule has 0 aliphatic carbocycles. The van der Waals surface area contributed by atoms with Crippen LogP contribution in [-0.2, 0) is 22.5 Å². The van der Waals surface area contributed by atoms with Gasteiger partial charge < -0.3 is 9.30 Å². The summed E-state index contributed by atoms with van der Waals surface area (Å²) in [5.41, 5.74) is 2.47. The van der Waals surface area contributed by atoms with Crippen LogP contribution in [0.1, 0.15) is 62.5 Å². The number of benzene rings is 1. The Morgan fingerprint density at radius 2 is 2.00 bits per heavy atom. The SMILES string of the molecule is CCOC(=O)c1cn2c3c(cc(C#CCN4CCN(OC(C)(C)C)CC4C)cc3c1=O)CCC2. The summed E-state index contributed by atoms with van der Waals surface area (Å²) in [6.45, 7) is 14.4. The Morgan fingerprint density at radius 1 is 1.21 bits per heavy atom. The lowest BCUT2D eigenvalue weighted by atomic mass is 9.97. The molecule has 1 unspecified atom stereocenters. The number of hydrogen-bond donors (Lipinski definition) is 0. The number of carbonyl (C=O) groups excluding carboxylic acids is 1. The number of nitrogens with zero attached hydrogens (tertiary/aromatic N) is 3. The first kappa shape index (κ1) is 24.5. The average molecular weight is 466 g/mol. The van der Waals surface area contributed by atoms with Crippen LogP contribution in [0, 0.1) is 11.8 Å². The molecule has 0 N–H and O–H groups in total. The van der Waals surface area contributed by atoms with Crippen molar-refractivity contribution in [1.29, 1.82) is 0 Å². The van der Waals surface area contributed by atoms with E-state index in [0.717, 1.165) is 55.7 Å². The Bertz CT molecular complexity index is 1200. The molecular formula is C27H35N3O4. The summed E-state index contributed by atoms with van der Waals surface area (Å²) in [5, 5.41) is 2.60. The molecule has 4 rings (SSSR count). The monoisotopic (exact) mass is 465 g/mol. The van der Waals surface area contributed by atoms with Crippen LogP contribution in [0.15, 0.2) is 23.1 Å². The number of ether oxygens (including phenoxy) is 1. The zero-order valence-electron chi connectivity index (χ0n) is 20.9. The van der Waals surface area contributed by atoms with E-state index in [1.165, 1.54) is 0 Å². The lowest BCUT2D eigenvalue weighted by Gasteiger charge is -2.40. The highest BCUT2D eigenvalue weighted by Crippen LogP contribution is 2.25. The molecule has 2 aromatic rings. The second kappa shape index (κ2) is 9.91. The number of pyridine rings is 1. The third-order valence-corrected chi connectivity index (χ3v) is 6.24. The molecule has 34 heavy (non-hydrogen) atoms. The topological polar surface area (TPSA) is 64.0 Å². The zero-order valence-corrected chi connectivity index (χ0v) is 20.9. The quantitative estimate of drug-likeness (QED) is 0.510. The summed E-state index contributed by atoms with van der Waals surface area (Å²) in [5.74, 6) is 6.01. The van der Waals surface area contributed by atoms with Gasteiger partial charge in [0.1, 0.15) is 5.56 Å². The van der Waals surface area contributed by atoms with Gasteiger partial charge in [-0.25, -0.2) is 4.79 Å². The van der Waals surface area contributed by atoms with Gasteiger partial charge in [-0.3, -0.25) is 14.5 Å². The van der Waals surface area contributed by atoms with Gasteiger partial charge in [-0.2, -0.15) is 5.06 Å². The van der Waals surface area contributed by atoms with Crippen molar-refractivity contribution in [1.82, 2.24) is 14.5 Å². The van der Waals surface area contributed by atoms with Gasteiger partial charge in [0.2, 0.25) is 5.43 Å². The van der Waals surface area contributed by atoms with Crippen molar-refractivity contribution in [2.24, 2.45) is 0 Å². The van der Waals surface area contributed by atoms with Gasteiger partial charge in [0.05, 0.1) is 24.3 Å². The molecule has 3 heterocycles. The third-order valence-electron chi connectivity index (χ3n) is 6.24. The number of aromatic nitrogens is 1. The highest BCUT2D eigenvalue weighted by Gasteiger charge is 2.26. The Hall–Kier alpha value is -2.66. The van der Waals surface area contributed by atoms with E-state index >= 15 is 0 Å². The van der Waals surface area contributed by atoms with Gasteiger partial charge >= 0.3 is 5.97 Å². The molecule has 0 saturated carbocycles. The minimum absolute atomic E-state index is 0.0940. The van der Waals surface area contributed by atoms with E-state index in [1.807, 2.05) is 10.6 Å². The van der Waals surface area contributed by atoms with E-state index in [2.05, 4.69) is 55.6 Å². The number of esters is 1. The number of piperazine rings is 1. The van der Waals surface area contributed by atoms with Crippen molar-refractivity contribution in [3.05, 3.63) is 45.2 Å². The van der Waals surface area contributed by atoms with Crippen LogP contribution in [-0.4, -0.2) is 64.9 Å². The molecular weight excluding hydrogens is 430 g/mol. The molecule has 1 fully saturated rings. The van der Waals surface area contributed by atoms with Gasteiger partial charge in [0.15, 0.2) is 0 Å². The zero-order chi connectivity index (χ0) is 24.5. The molecule has 2 aliphatic rings. The number of rotatable bonds is 4. The first-order valence-corrected chi connectivity index (χ1v) is 12.2. The van der Waals surface area contributed by atoms with Crippen LogP contribution < -0.4 is 5.43 Å². The normalized spacial score (nSPS) is 19.0. The predicted molar refractivity (Wildman–Crippen MR) is 133 cm³/mol. The summed E-state index contributed by atoms with van der Waals surface area (Å²) in [7, 11) is 0. The maximum absolute atomic E-state index is 13.1. The second-order valence-corrected chi connectivity index (χ2v) is 10.1. The smallest absolute Gasteiger partial charge is 0.343 e. The maximum atomic E-state index is 13.1. The van der Waals surface area contributed by atoms with Crippen molar-refractivity contribution in [2.45, 2.75) is 65.6 Å². The van der Waals surface area contributed by atoms with E-state index in [0.29, 0.717) is 18.0 Å². The molecule has 2 aliphatic heterocycles. The first-order chi connectivity index (χ1) is 16.2. The van der Waals surface area contributed by atoms with E-state index < -0.39 is 5.97 Å². The van der Waals surface area contributed by atoms with Crippen LogP contribution in [0.2, 0.25) is 0 Å². The summed E-state index contributed by atoms with van der Waals surface area (Å²) in [4.78, 5) is 33.9. The number of hydrogen-bond acceptors (Lipinski definition) is 6. The van der Waals surface area contributed by atoms with Crippen molar-refractivity contribution in [3.63, 3.8) is 0 Å². The molecule has 7 nitrogen and oxygen atoms in total. The molecule has 1 atom stereocenters. The summed E-state index contributed by atoms with van der Waals surface area (Å²) in [6, 6.07) is 4.26. The summed E-state index contributed by atoms with van der Waals surface area (Å²) >= 11 is 0. The molecule has 0 radical (unpaired) electrons. The highest BCUT2D eigenvalue weighted by atomic mass is 16.7. The van der Waals surface area contributed by atoms with Crippen LogP contribution in [0.3, 0.4) is 0 Å². The van der Waals surface area contributed by atoms with Crippen molar-refractivity contribution < 1.29 is 14.4 Å². The molecule has 0 spiro atoms. The maximum Gasteiger partial charge on any atom is 0.343 e. The fraction of sp³-hybridized carbons (Fsp3) is 0.556. The van der Waals surface area contributed by atoms with Gasteiger partial charge in [0.25, 0.3) is 0 Å². The van der Waals surface area contributed by atoms with Crippen LogP contribution in [0.4, 0.5) is 0 Å². The predicted octanol–water partition coefficient (Wildman–Crippen LogP) is 3.21.